The Hall–Kier alpha value is -1.75. The van der Waals surface area contributed by atoms with Gasteiger partial charge in [-0.05, 0) is 49.9 Å². The quantitative estimate of drug-likeness (QED) is 0.802. The SMILES string of the molecule is CCNC(=O)[C@H](C)NC(=O)COc1cc(C)c(Cl)cc1C(C)C. The molecule has 1 atom stereocenters. The van der Waals surface area contributed by atoms with E-state index >= 15 is 0 Å². The van der Waals surface area contributed by atoms with Crippen LogP contribution in [0.2, 0.25) is 5.02 Å². The Bertz CT molecular complexity index is 573. The number of hydrogen-bond donors (Lipinski definition) is 2. The molecule has 0 saturated heterocycles. The molecule has 0 spiro atoms. The van der Waals surface area contributed by atoms with Crippen molar-refractivity contribution in [3.05, 3.63) is 28.3 Å². The zero-order valence-electron chi connectivity index (χ0n) is 14.3. The van der Waals surface area contributed by atoms with Crippen LogP contribution in [0.3, 0.4) is 0 Å². The molecule has 0 bridgehead atoms. The van der Waals surface area contributed by atoms with Crippen molar-refractivity contribution in [1.29, 1.82) is 0 Å². The van der Waals surface area contributed by atoms with Crippen molar-refractivity contribution >= 4 is 23.4 Å². The Morgan fingerprint density at radius 2 is 1.91 bits per heavy atom. The van der Waals surface area contributed by atoms with Crippen molar-refractivity contribution in [2.24, 2.45) is 0 Å². The molecule has 0 heterocycles. The average Bonchev–Trinajstić information content (AvgIpc) is 2.47. The highest BCUT2D eigenvalue weighted by molar-refractivity contribution is 6.31. The molecule has 0 fully saturated rings. The zero-order valence-corrected chi connectivity index (χ0v) is 15.1. The summed E-state index contributed by atoms with van der Waals surface area (Å²) in [4.78, 5) is 23.5. The Balaban J connectivity index is 2.69. The number of carbonyl (C=O) groups excluding carboxylic acids is 2. The number of likely N-dealkylation sites (N-methyl/N-ethyl adjacent to an activating group) is 1. The van der Waals surface area contributed by atoms with E-state index in [0.717, 1.165) is 11.1 Å². The molecule has 0 aromatic heterocycles. The second-order valence-electron chi connectivity index (χ2n) is 5.77. The topological polar surface area (TPSA) is 67.4 Å². The van der Waals surface area contributed by atoms with Gasteiger partial charge >= 0.3 is 0 Å². The first kappa shape index (κ1) is 19.3. The van der Waals surface area contributed by atoms with Gasteiger partial charge in [-0.3, -0.25) is 9.59 Å². The molecule has 1 aromatic rings. The van der Waals surface area contributed by atoms with Crippen molar-refractivity contribution in [3.8, 4) is 5.75 Å². The molecule has 0 saturated carbocycles. The zero-order chi connectivity index (χ0) is 17.6. The summed E-state index contributed by atoms with van der Waals surface area (Å²) < 4.78 is 5.63. The van der Waals surface area contributed by atoms with Crippen LogP contribution in [0.1, 0.15) is 44.7 Å². The molecule has 0 aliphatic carbocycles. The van der Waals surface area contributed by atoms with Crippen LogP contribution in [0.5, 0.6) is 5.75 Å². The first-order chi connectivity index (χ1) is 10.8. The minimum absolute atomic E-state index is 0.148. The van der Waals surface area contributed by atoms with E-state index in [4.69, 9.17) is 16.3 Å². The van der Waals surface area contributed by atoms with Gasteiger partial charge in [0.05, 0.1) is 0 Å². The van der Waals surface area contributed by atoms with Crippen LogP contribution < -0.4 is 15.4 Å². The molecule has 5 nitrogen and oxygen atoms in total. The van der Waals surface area contributed by atoms with Gasteiger partial charge in [0.1, 0.15) is 11.8 Å². The molecule has 128 valence electrons. The Morgan fingerprint density at radius 1 is 1.26 bits per heavy atom. The fraction of sp³-hybridized carbons (Fsp3) is 0.529. The van der Waals surface area contributed by atoms with Gasteiger partial charge in [-0.2, -0.15) is 0 Å². The molecular formula is C17H25ClN2O3. The summed E-state index contributed by atoms with van der Waals surface area (Å²) in [7, 11) is 0. The van der Waals surface area contributed by atoms with Crippen LogP contribution in [0.25, 0.3) is 0 Å². The van der Waals surface area contributed by atoms with Crippen molar-refractivity contribution in [1.82, 2.24) is 10.6 Å². The lowest BCUT2D eigenvalue weighted by Crippen LogP contribution is -2.46. The standard InChI is InChI=1S/C17H25ClN2O3/c1-6-19-17(22)12(5)20-16(21)9-23-15-7-11(4)14(18)8-13(15)10(2)3/h7-8,10,12H,6,9H2,1-5H3,(H,19,22)(H,20,21)/t12-/m0/s1. The maximum absolute atomic E-state index is 11.9. The predicted molar refractivity (Wildman–Crippen MR) is 92.1 cm³/mol. The first-order valence-corrected chi connectivity index (χ1v) is 8.13. The molecule has 2 N–H and O–H groups in total. The van der Waals surface area contributed by atoms with Gasteiger partial charge in [0.25, 0.3) is 5.91 Å². The summed E-state index contributed by atoms with van der Waals surface area (Å²) in [5, 5.41) is 5.94. The van der Waals surface area contributed by atoms with Gasteiger partial charge in [-0.1, -0.05) is 25.4 Å². The number of benzene rings is 1. The summed E-state index contributed by atoms with van der Waals surface area (Å²) in [6.07, 6.45) is 0. The third-order valence-electron chi connectivity index (χ3n) is 3.39. The fourth-order valence-corrected chi connectivity index (χ4v) is 2.24. The van der Waals surface area contributed by atoms with Crippen LogP contribution in [0, 0.1) is 6.92 Å². The van der Waals surface area contributed by atoms with Crippen LogP contribution in [-0.2, 0) is 9.59 Å². The van der Waals surface area contributed by atoms with E-state index in [-0.39, 0.29) is 24.3 Å². The lowest BCUT2D eigenvalue weighted by molar-refractivity contribution is -0.129. The molecular weight excluding hydrogens is 316 g/mol. The van der Waals surface area contributed by atoms with Gasteiger partial charge in [-0.25, -0.2) is 0 Å². The molecule has 0 aliphatic heterocycles. The van der Waals surface area contributed by atoms with Gasteiger partial charge < -0.3 is 15.4 Å². The van der Waals surface area contributed by atoms with E-state index in [0.29, 0.717) is 17.3 Å². The maximum Gasteiger partial charge on any atom is 0.258 e. The monoisotopic (exact) mass is 340 g/mol. The van der Waals surface area contributed by atoms with Crippen molar-refractivity contribution in [2.75, 3.05) is 13.2 Å². The van der Waals surface area contributed by atoms with Gasteiger partial charge in [0, 0.05) is 11.6 Å². The number of carbonyl (C=O) groups is 2. The Kier molecular flexibility index (Phi) is 7.36. The Morgan fingerprint density at radius 3 is 2.48 bits per heavy atom. The smallest absolute Gasteiger partial charge is 0.258 e. The molecule has 0 unspecified atom stereocenters. The highest BCUT2D eigenvalue weighted by atomic mass is 35.5. The van der Waals surface area contributed by atoms with E-state index in [9.17, 15) is 9.59 Å². The van der Waals surface area contributed by atoms with Crippen LogP contribution in [0.15, 0.2) is 12.1 Å². The van der Waals surface area contributed by atoms with E-state index in [1.54, 1.807) is 6.92 Å². The van der Waals surface area contributed by atoms with E-state index in [1.165, 1.54) is 0 Å². The van der Waals surface area contributed by atoms with Crippen LogP contribution in [-0.4, -0.2) is 31.0 Å². The number of hydrogen-bond acceptors (Lipinski definition) is 3. The van der Waals surface area contributed by atoms with Crippen molar-refractivity contribution in [3.63, 3.8) is 0 Å². The first-order valence-electron chi connectivity index (χ1n) is 7.76. The molecule has 2 amide bonds. The largest absolute Gasteiger partial charge is 0.483 e. The third-order valence-corrected chi connectivity index (χ3v) is 3.80. The number of nitrogens with one attached hydrogen (secondary N) is 2. The minimum Gasteiger partial charge on any atom is -0.483 e. The average molecular weight is 341 g/mol. The molecule has 0 radical (unpaired) electrons. The summed E-state index contributed by atoms with van der Waals surface area (Å²) in [5.74, 6) is 0.306. The fourth-order valence-electron chi connectivity index (χ4n) is 2.07. The normalized spacial score (nSPS) is 12.0. The summed E-state index contributed by atoms with van der Waals surface area (Å²) in [6, 6.07) is 3.10. The lowest BCUT2D eigenvalue weighted by atomic mass is 10.0. The predicted octanol–water partition coefficient (Wildman–Crippen LogP) is 2.79. The second-order valence-corrected chi connectivity index (χ2v) is 6.17. The summed E-state index contributed by atoms with van der Waals surface area (Å²) in [5.41, 5.74) is 1.84. The maximum atomic E-state index is 11.9. The van der Waals surface area contributed by atoms with Gasteiger partial charge in [0.15, 0.2) is 6.61 Å². The van der Waals surface area contributed by atoms with Crippen LogP contribution in [0.4, 0.5) is 0 Å². The van der Waals surface area contributed by atoms with Crippen molar-refractivity contribution < 1.29 is 14.3 Å². The number of aryl methyl sites for hydroxylation is 1. The molecule has 1 rings (SSSR count). The number of halogens is 1. The minimum atomic E-state index is -0.595. The number of ether oxygens (including phenoxy) is 1. The van der Waals surface area contributed by atoms with E-state index in [2.05, 4.69) is 10.6 Å². The Labute approximate surface area is 142 Å². The van der Waals surface area contributed by atoms with E-state index < -0.39 is 6.04 Å². The lowest BCUT2D eigenvalue weighted by Gasteiger charge is -2.17. The molecule has 0 aliphatic rings. The molecule has 1 aromatic carbocycles. The highest BCUT2D eigenvalue weighted by Crippen LogP contribution is 2.31. The summed E-state index contributed by atoms with van der Waals surface area (Å²) in [6.45, 7) is 9.79. The van der Waals surface area contributed by atoms with Gasteiger partial charge in [-0.15, -0.1) is 0 Å². The van der Waals surface area contributed by atoms with Crippen LogP contribution >= 0.6 is 11.6 Å². The van der Waals surface area contributed by atoms with Crippen molar-refractivity contribution in [2.45, 2.75) is 46.6 Å². The van der Waals surface area contributed by atoms with Gasteiger partial charge in [0.2, 0.25) is 5.91 Å². The third kappa shape index (κ3) is 5.75. The van der Waals surface area contributed by atoms with E-state index in [1.807, 2.05) is 39.8 Å². The molecule has 23 heavy (non-hydrogen) atoms. The molecule has 6 heteroatoms. The highest BCUT2D eigenvalue weighted by Gasteiger charge is 2.16. The number of amides is 2. The number of rotatable bonds is 7. The summed E-state index contributed by atoms with van der Waals surface area (Å²) >= 11 is 6.15. The second kappa shape index (κ2) is 8.77.